The number of rotatable bonds is 5. The number of aromatic nitrogens is 1. The third kappa shape index (κ3) is 2.93. The van der Waals surface area contributed by atoms with Gasteiger partial charge in [-0.15, -0.1) is 0 Å². The number of carboxylic acid groups (broad SMARTS) is 1. The van der Waals surface area contributed by atoms with E-state index in [9.17, 15) is 4.79 Å². The van der Waals surface area contributed by atoms with Crippen molar-refractivity contribution in [2.45, 2.75) is 19.4 Å². The average Bonchev–Trinajstić information content (AvgIpc) is 2.81. The highest BCUT2D eigenvalue weighted by Crippen LogP contribution is 2.28. The topological polar surface area (TPSA) is 66.6 Å². The molecule has 0 saturated heterocycles. The van der Waals surface area contributed by atoms with Crippen molar-refractivity contribution < 1.29 is 14.3 Å². The van der Waals surface area contributed by atoms with Gasteiger partial charge < -0.3 is 14.4 Å². The first-order valence-electron chi connectivity index (χ1n) is 6.21. The van der Waals surface area contributed by atoms with Crippen LogP contribution in [0.1, 0.15) is 24.9 Å². The number of hydrogen-bond acceptors (Lipinski definition) is 4. The lowest BCUT2D eigenvalue weighted by atomic mass is 9.95. The van der Waals surface area contributed by atoms with Gasteiger partial charge in [0.05, 0.1) is 5.92 Å². The first-order valence-corrected chi connectivity index (χ1v) is 6.21. The zero-order valence-corrected chi connectivity index (χ0v) is 11.3. The van der Waals surface area contributed by atoms with Crippen molar-refractivity contribution in [3.05, 3.63) is 30.2 Å². The van der Waals surface area contributed by atoms with Gasteiger partial charge in [-0.2, -0.15) is 0 Å². The van der Waals surface area contributed by atoms with Gasteiger partial charge in [0.25, 0.3) is 0 Å². The molecule has 1 heterocycles. The molecule has 1 N–H and O–H groups in total. The molecule has 0 bridgehead atoms. The smallest absolute Gasteiger partial charge is 0.306 e. The van der Waals surface area contributed by atoms with E-state index in [1.165, 1.54) is 6.39 Å². The van der Waals surface area contributed by atoms with Crippen molar-refractivity contribution in [3.8, 4) is 0 Å². The Bertz CT molecular complexity index is 577. The Kier molecular flexibility index (Phi) is 3.85. The Labute approximate surface area is 111 Å². The molecule has 1 aromatic carbocycles. The van der Waals surface area contributed by atoms with Crippen LogP contribution >= 0.6 is 0 Å². The third-order valence-electron chi connectivity index (χ3n) is 3.36. The fourth-order valence-electron chi connectivity index (χ4n) is 2.16. The number of carbonyl (C=O) groups is 1. The van der Waals surface area contributed by atoms with E-state index >= 15 is 0 Å². The Morgan fingerprint density at radius 3 is 2.84 bits per heavy atom. The van der Waals surface area contributed by atoms with Crippen LogP contribution < -0.4 is 0 Å². The molecule has 0 fully saturated rings. The molecule has 0 radical (unpaired) electrons. The molecule has 5 heteroatoms. The highest BCUT2D eigenvalue weighted by atomic mass is 16.4. The fraction of sp³-hybridized carbons (Fsp3) is 0.429. The van der Waals surface area contributed by atoms with Gasteiger partial charge in [0.15, 0.2) is 12.0 Å². The molecule has 19 heavy (non-hydrogen) atoms. The van der Waals surface area contributed by atoms with Crippen molar-refractivity contribution in [2.75, 3.05) is 14.1 Å². The summed E-state index contributed by atoms with van der Waals surface area (Å²) in [5.41, 5.74) is 2.59. The van der Waals surface area contributed by atoms with Crippen LogP contribution in [0.5, 0.6) is 0 Å². The standard InChI is InChI=1S/C14H18N2O3/c1-9(14(17)18)6-12(16(2)3)10-4-5-11-13(7-10)19-8-15-11/h4-5,7-9,12H,6H2,1-3H3,(H,17,18). The summed E-state index contributed by atoms with van der Waals surface area (Å²) in [6.45, 7) is 1.73. The summed E-state index contributed by atoms with van der Waals surface area (Å²) in [6.07, 6.45) is 1.97. The number of benzene rings is 1. The molecule has 2 aromatic rings. The number of carboxylic acids is 1. The molecule has 102 valence electrons. The molecule has 0 spiro atoms. The highest BCUT2D eigenvalue weighted by Gasteiger charge is 2.22. The maximum atomic E-state index is 11.0. The number of fused-ring (bicyclic) bond motifs is 1. The quantitative estimate of drug-likeness (QED) is 0.897. The van der Waals surface area contributed by atoms with Gasteiger partial charge in [-0.05, 0) is 38.2 Å². The molecule has 5 nitrogen and oxygen atoms in total. The molecular weight excluding hydrogens is 244 g/mol. The van der Waals surface area contributed by atoms with Gasteiger partial charge in [-0.1, -0.05) is 13.0 Å². The Hall–Kier alpha value is -1.88. The number of aliphatic carboxylic acids is 1. The third-order valence-corrected chi connectivity index (χ3v) is 3.36. The number of hydrogen-bond donors (Lipinski definition) is 1. The molecule has 2 unspecified atom stereocenters. The van der Waals surface area contributed by atoms with Crippen molar-refractivity contribution in [2.24, 2.45) is 5.92 Å². The maximum Gasteiger partial charge on any atom is 0.306 e. The van der Waals surface area contributed by atoms with E-state index in [0.29, 0.717) is 6.42 Å². The van der Waals surface area contributed by atoms with Crippen LogP contribution in [0.3, 0.4) is 0 Å². The van der Waals surface area contributed by atoms with Crippen LogP contribution in [0, 0.1) is 5.92 Å². The zero-order chi connectivity index (χ0) is 14.0. The van der Waals surface area contributed by atoms with E-state index in [2.05, 4.69) is 4.98 Å². The van der Waals surface area contributed by atoms with E-state index in [1.54, 1.807) is 6.92 Å². The van der Waals surface area contributed by atoms with Crippen LogP contribution in [0.2, 0.25) is 0 Å². The van der Waals surface area contributed by atoms with Gasteiger partial charge in [0.2, 0.25) is 0 Å². The van der Waals surface area contributed by atoms with E-state index in [4.69, 9.17) is 9.52 Å². The minimum Gasteiger partial charge on any atom is -0.481 e. The van der Waals surface area contributed by atoms with E-state index < -0.39 is 11.9 Å². The van der Waals surface area contributed by atoms with Gasteiger partial charge in [0.1, 0.15) is 5.52 Å². The predicted molar refractivity (Wildman–Crippen MR) is 71.9 cm³/mol. The lowest BCUT2D eigenvalue weighted by molar-refractivity contribution is -0.141. The minimum absolute atomic E-state index is 0.0422. The Morgan fingerprint density at radius 1 is 1.47 bits per heavy atom. The molecule has 0 aliphatic heterocycles. The van der Waals surface area contributed by atoms with Crippen LogP contribution in [-0.4, -0.2) is 35.1 Å². The number of oxazole rings is 1. The summed E-state index contributed by atoms with van der Waals surface area (Å²) >= 11 is 0. The average molecular weight is 262 g/mol. The Balaban J connectivity index is 2.29. The van der Waals surface area contributed by atoms with Crippen molar-refractivity contribution in [1.29, 1.82) is 0 Å². The molecule has 0 amide bonds. The van der Waals surface area contributed by atoms with E-state index in [0.717, 1.165) is 16.7 Å². The van der Waals surface area contributed by atoms with E-state index in [1.807, 2.05) is 37.2 Å². The Morgan fingerprint density at radius 2 is 2.21 bits per heavy atom. The first kappa shape index (κ1) is 13.5. The molecule has 0 aliphatic carbocycles. The molecule has 2 rings (SSSR count). The zero-order valence-electron chi connectivity index (χ0n) is 11.3. The second kappa shape index (κ2) is 5.40. The monoisotopic (exact) mass is 262 g/mol. The van der Waals surface area contributed by atoms with Gasteiger partial charge in [-0.3, -0.25) is 4.79 Å². The fourth-order valence-corrected chi connectivity index (χ4v) is 2.16. The highest BCUT2D eigenvalue weighted by molar-refractivity contribution is 5.73. The second-order valence-corrected chi connectivity index (χ2v) is 5.03. The predicted octanol–water partition coefficient (Wildman–Crippen LogP) is 2.54. The van der Waals surface area contributed by atoms with Crippen molar-refractivity contribution in [1.82, 2.24) is 9.88 Å². The van der Waals surface area contributed by atoms with Gasteiger partial charge >= 0.3 is 5.97 Å². The van der Waals surface area contributed by atoms with Crippen LogP contribution in [0.15, 0.2) is 29.0 Å². The second-order valence-electron chi connectivity index (χ2n) is 5.03. The van der Waals surface area contributed by atoms with Crippen molar-refractivity contribution >= 4 is 17.1 Å². The van der Waals surface area contributed by atoms with E-state index in [-0.39, 0.29) is 6.04 Å². The molecule has 1 aromatic heterocycles. The lowest BCUT2D eigenvalue weighted by Crippen LogP contribution is -2.24. The summed E-state index contributed by atoms with van der Waals surface area (Å²) in [7, 11) is 3.90. The SMILES string of the molecule is CC(CC(c1ccc2ncoc2c1)N(C)C)C(=O)O. The summed E-state index contributed by atoms with van der Waals surface area (Å²) in [5, 5.41) is 9.05. The number of nitrogens with zero attached hydrogens (tertiary/aromatic N) is 2. The minimum atomic E-state index is -0.771. The lowest BCUT2D eigenvalue weighted by Gasteiger charge is -2.26. The van der Waals surface area contributed by atoms with Gasteiger partial charge in [0, 0.05) is 6.04 Å². The molecule has 0 aliphatic rings. The molecule has 0 saturated carbocycles. The normalized spacial score (nSPS) is 14.7. The van der Waals surface area contributed by atoms with Crippen molar-refractivity contribution in [3.63, 3.8) is 0 Å². The molecule has 2 atom stereocenters. The largest absolute Gasteiger partial charge is 0.481 e. The van der Waals surface area contributed by atoms with Crippen LogP contribution in [0.25, 0.3) is 11.1 Å². The summed E-state index contributed by atoms with van der Waals surface area (Å²) in [5.74, 6) is -1.16. The maximum absolute atomic E-state index is 11.0. The summed E-state index contributed by atoms with van der Waals surface area (Å²) in [6, 6.07) is 5.85. The summed E-state index contributed by atoms with van der Waals surface area (Å²) < 4.78 is 5.29. The van der Waals surface area contributed by atoms with Crippen LogP contribution in [-0.2, 0) is 4.79 Å². The first-order chi connectivity index (χ1) is 8.99. The van der Waals surface area contributed by atoms with Crippen LogP contribution in [0.4, 0.5) is 0 Å². The molecular formula is C14H18N2O3. The summed E-state index contributed by atoms with van der Waals surface area (Å²) in [4.78, 5) is 17.1. The van der Waals surface area contributed by atoms with Gasteiger partial charge in [-0.25, -0.2) is 4.98 Å².